The summed E-state index contributed by atoms with van der Waals surface area (Å²) in [5.41, 5.74) is 0. The van der Waals surface area contributed by atoms with Gasteiger partial charge in [-0.2, -0.15) is 5.26 Å². The Morgan fingerprint density at radius 3 is 3.17 bits per heavy atom. The smallest absolute Gasteiger partial charge is 0.222 e. The molecule has 1 amide bonds. The Bertz CT molecular complexity index is 321. The van der Waals surface area contributed by atoms with Gasteiger partial charge in [0.1, 0.15) is 0 Å². The molecule has 2 atom stereocenters. The summed E-state index contributed by atoms with van der Waals surface area (Å²) in [5.74, 6) is 0.805. The number of nitriles is 1. The summed E-state index contributed by atoms with van der Waals surface area (Å²) in [5, 5.41) is 12.2. The molecule has 2 fully saturated rings. The second-order valence-electron chi connectivity index (χ2n) is 5.08. The SMILES string of the molecule is N#CC1CN(C(=O)CCC2CCCNC2)CCO1. The van der Waals surface area contributed by atoms with E-state index in [-0.39, 0.29) is 5.91 Å². The molecule has 2 aliphatic rings. The van der Waals surface area contributed by atoms with Crippen LogP contribution in [0.25, 0.3) is 0 Å². The molecule has 1 N–H and O–H groups in total. The third kappa shape index (κ3) is 3.69. The first kappa shape index (κ1) is 13.3. The standard InChI is InChI=1S/C13H21N3O2/c14-8-12-10-16(6-7-18-12)13(17)4-3-11-2-1-5-15-9-11/h11-12,15H,1-7,9-10H2. The van der Waals surface area contributed by atoms with E-state index in [1.54, 1.807) is 4.90 Å². The van der Waals surface area contributed by atoms with Gasteiger partial charge in [-0.1, -0.05) is 0 Å². The van der Waals surface area contributed by atoms with Crippen LogP contribution in [0.5, 0.6) is 0 Å². The summed E-state index contributed by atoms with van der Waals surface area (Å²) in [7, 11) is 0. The molecule has 100 valence electrons. The molecule has 0 spiro atoms. The van der Waals surface area contributed by atoms with Gasteiger partial charge in [0.05, 0.1) is 19.2 Å². The molecule has 18 heavy (non-hydrogen) atoms. The monoisotopic (exact) mass is 251 g/mol. The Balaban J connectivity index is 1.72. The van der Waals surface area contributed by atoms with Crippen LogP contribution in [0.3, 0.4) is 0 Å². The Labute approximate surface area is 108 Å². The van der Waals surface area contributed by atoms with Crippen molar-refractivity contribution in [1.29, 1.82) is 5.26 Å². The Kier molecular flexibility index (Phi) is 4.97. The van der Waals surface area contributed by atoms with E-state index in [0.717, 1.165) is 19.5 Å². The first-order valence-corrected chi connectivity index (χ1v) is 6.79. The molecule has 0 aliphatic carbocycles. The zero-order chi connectivity index (χ0) is 12.8. The first-order valence-electron chi connectivity index (χ1n) is 6.79. The highest BCUT2D eigenvalue weighted by Gasteiger charge is 2.24. The van der Waals surface area contributed by atoms with Gasteiger partial charge in [-0.15, -0.1) is 0 Å². The molecule has 0 aromatic carbocycles. The predicted molar refractivity (Wildman–Crippen MR) is 66.8 cm³/mol. The van der Waals surface area contributed by atoms with E-state index >= 15 is 0 Å². The van der Waals surface area contributed by atoms with Gasteiger partial charge in [-0.3, -0.25) is 4.79 Å². The van der Waals surface area contributed by atoms with Crippen LogP contribution in [0.4, 0.5) is 0 Å². The van der Waals surface area contributed by atoms with Crippen LogP contribution >= 0.6 is 0 Å². The van der Waals surface area contributed by atoms with Crippen molar-refractivity contribution in [1.82, 2.24) is 10.2 Å². The Morgan fingerprint density at radius 2 is 2.44 bits per heavy atom. The number of morpholine rings is 1. The van der Waals surface area contributed by atoms with E-state index in [2.05, 4.69) is 11.4 Å². The van der Waals surface area contributed by atoms with E-state index in [0.29, 0.717) is 32.0 Å². The molecule has 5 nitrogen and oxygen atoms in total. The number of nitrogens with one attached hydrogen (secondary N) is 1. The highest BCUT2D eigenvalue weighted by atomic mass is 16.5. The van der Waals surface area contributed by atoms with Crippen molar-refractivity contribution in [2.45, 2.75) is 31.8 Å². The first-order chi connectivity index (χ1) is 8.79. The van der Waals surface area contributed by atoms with Gasteiger partial charge in [0.2, 0.25) is 5.91 Å². The Hall–Kier alpha value is -1.12. The van der Waals surface area contributed by atoms with E-state index in [1.807, 2.05) is 0 Å². The minimum absolute atomic E-state index is 0.170. The normalized spacial score (nSPS) is 28.7. The lowest BCUT2D eigenvalue weighted by atomic mass is 9.94. The van der Waals surface area contributed by atoms with Crippen molar-refractivity contribution in [2.24, 2.45) is 5.92 Å². The summed E-state index contributed by atoms with van der Waals surface area (Å²) in [6.07, 6.45) is 3.56. The second-order valence-corrected chi connectivity index (χ2v) is 5.08. The molecule has 2 unspecified atom stereocenters. The third-order valence-corrected chi connectivity index (χ3v) is 3.73. The van der Waals surface area contributed by atoms with Gasteiger partial charge >= 0.3 is 0 Å². The van der Waals surface area contributed by atoms with Crippen LogP contribution in [0.1, 0.15) is 25.7 Å². The number of carbonyl (C=O) groups is 1. The number of ether oxygens (including phenoxy) is 1. The highest BCUT2D eigenvalue weighted by Crippen LogP contribution is 2.17. The van der Waals surface area contributed by atoms with Crippen molar-refractivity contribution in [3.63, 3.8) is 0 Å². The number of rotatable bonds is 3. The molecule has 2 rings (SSSR count). The molecule has 2 aliphatic heterocycles. The van der Waals surface area contributed by atoms with Gasteiger partial charge < -0.3 is 15.0 Å². The van der Waals surface area contributed by atoms with Gasteiger partial charge in [-0.05, 0) is 38.3 Å². The number of hydrogen-bond acceptors (Lipinski definition) is 4. The minimum atomic E-state index is -0.445. The van der Waals surface area contributed by atoms with Gasteiger partial charge in [0, 0.05) is 13.0 Å². The van der Waals surface area contributed by atoms with Crippen molar-refractivity contribution >= 4 is 5.91 Å². The lowest BCUT2D eigenvalue weighted by Gasteiger charge is -2.30. The number of piperidine rings is 1. The Morgan fingerprint density at radius 1 is 1.56 bits per heavy atom. The molecule has 5 heteroatoms. The van der Waals surface area contributed by atoms with E-state index in [9.17, 15) is 4.79 Å². The molecular weight excluding hydrogens is 230 g/mol. The van der Waals surface area contributed by atoms with Crippen LogP contribution in [0.15, 0.2) is 0 Å². The zero-order valence-corrected chi connectivity index (χ0v) is 10.7. The highest BCUT2D eigenvalue weighted by molar-refractivity contribution is 5.76. The fourth-order valence-corrected chi connectivity index (χ4v) is 2.61. The van der Waals surface area contributed by atoms with Crippen molar-refractivity contribution in [3.05, 3.63) is 0 Å². The number of amides is 1. The quantitative estimate of drug-likeness (QED) is 0.794. The number of hydrogen-bond donors (Lipinski definition) is 1. The number of carbonyl (C=O) groups excluding carboxylic acids is 1. The molecule has 2 heterocycles. The lowest BCUT2D eigenvalue weighted by Crippen LogP contribution is -2.45. The molecule has 0 bridgehead atoms. The fourth-order valence-electron chi connectivity index (χ4n) is 2.61. The second kappa shape index (κ2) is 6.72. The number of nitrogens with zero attached hydrogens (tertiary/aromatic N) is 2. The molecule has 0 radical (unpaired) electrons. The van der Waals surface area contributed by atoms with Crippen LogP contribution in [0, 0.1) is 17.2 Å². The van der Waals surface area contributed by atoms with Crippen LogP contribution in [-0.4, -0.2) is 49.7 Å². The average molecular weight is 251 g/mol. The predicted octanol–water partition coefficient (Wildman–Crippen LogP) is 0.517. The summed E-state index contributed by atoms with van der Waals surface area (Å²) in [4.78, 5) is 13.8. The molecular formula is C13H21N3O2. The van der Waals surface area contributed by atoms with Gasteiger partial charge in [0.15, 0.2) is 6.10 Å². The molecule has 2 saturated heterocycles. The van der Waals surface area contributed by atoms with E-state index in [4.69, 9.17) is 10.00 Å². The summed E-state index contributed by atoms with van der Waals surface area (Å²) < 4.78 is 5.24. The minimum Gasteiger partial charge on any atom is -0.360 e. The molecule has 0 aromatic rings. The lowest BCUT2D eigenvalue weighted by molar-refractivity contribution is -0.137. The van der Waals surface area contributed by atoms with E-state index in [1.165, 1.54) is 12.8 Å². The topological polar surface area (TPSA) is 65.4 Å². The maximum atomic E-state index is 12.0. The maximum Gasteiger partial charge on any atom is 0.222 e. The summed E-state index contributed by atoms with van der Waals surface area (Å²) in [6.45, 7) is 3.68. The van der Waals surface area contributed by atoms with Crippen LogP contribution in [0.2, 0.25) is 0 Å². The van der Waals surface area contributed by atoms with Crippen molar-refractivity contribution in [3.8, 4) is 6.07 Å². The fraction of sp³-hybridized carbons (Fsp3) is 0.846. The van der Waals surface area contributed by atoms with Gasteiger partial charge in [0.25, 0.3) is 0 Å². The molecule has 0 aromatic heterocycles. The van der Waals surface area contributed by atoms with Crippen molar-refractivity contribution in [2.75, 3.05) is 32.8 Å². The third-order valence-electron chi connectivity index (χ3n) is 3.73. The van der Waals surface area contributed by atoms with Crippen LogP contribution in [-0.2, 0) is 9.53 Å². The van der Waals surface area contributed by atoms with Crippen molar-refractivity contribution < 1.29 is 9.53 Å². The maximum absolute atomic E-state index is 12.0. The van der Waals surface area contributed by atoms with Crippen LogP contribution < -0.4 is 5.32 Å². The van der Waals surface area contributed by atoms with E-state index < -0.39 is 6.10 Å². The summed E-state index contributed by atoms with van der Waals surface area (Å²) >= 11 is 0. The molecule has 0 saturated carbocycles. The van der Waals surface area contributed by atoms with Gasteiger partial charge in [-0.25, -0.2) is 0 Å². The summed E-state index contributed by atoms with van der Waals surface area (Å²) in [6, 6.07) is 2.07. The average Bonchev–Trinajstić information content (AvgIpc) is 2.46. The largest absolute Gasteiger partial charge is 0.360 e. The zero-order valence-electron chi connectivity index (χ0n) is 10.7.